The minimum atomic E-state index is -0.262. The summed E-state index contributed by atoms with van der Waals surface area (Å²) >= 11 is 0. The van der Waals surface area contributed by atoms with E-state index >= 15 is 0 Å². The van der Waals surface area contributed by atoms with Crippen LogP contribution in [0, 0.1) is 5.82 Å². The molecule has 1 aliphatic rings. The predicted octanol–water partition coefficient (Wildman–Crippen LogP) is 2.94. The van der Waals surface area contributed by atoms with Gasteiger partial charge in [0.25, 0.3) is 0 Å². The van der Waals surface area contributed by atoms with Gasteiger partial charge in [0, 0.05) is 6.07 Å². The van der Waals surface area contributed by atoms with Crippen molar-refractivity contribution in [3.8, 4) is 11.3 Å². The summed E-state index contributed by atoms with van der Waals surface area (Å²) in [6.07, 6.45) is 4.27. The van der Waals surface area contributed by atoms with E-state index in [1.807, 2.05) is 6.07 Å². The fraction of sp³-hybridized carbons (Fsp3) is 0.308. The molecule has 0 fully saturated rings. The van der Waals surface area contributed by atoms with E-state index in [1.165, 1.54) is 5.56 Å². The average molecular weight is 232 g/mol. The molecule has 0 radical (unpaired) electrons. The third kappa shape index (κ3) is 1.79. The van der Waals surface area contributed by atoms with Gasteiger partial charge in [-0.05, 0) is 48.9 Å². The van der Waals surface area contributed by atoms with Crippen LogP contribution in [0.4, 0.5) is 10.2 Å². The van der Waals surface area contributed by atoms with E-state index in [2.05, 4.69) is 5.16 Å². The lowest BCUT2D eigenvalue weighted by molar-refractivity contribution is 0.433. The molecule has 1 aliphatic carbocycles. The van der Waals surface area contributed by atoms with Gasteiger partial charge in [0.2, 0.25) is 0 Å². The zero-order chi connectivity index (χ0) is 11.8. The fourth-order valence-corrected chi connectivity index (χ4v) is 2.36. The molecule has 3 nitrogen and oxygen atoms in total. The number of aryl methyl sites for hydroxylation is 2. The number of benzene rings is 1. The lowest BCUT2D eigenvalue weighted by atomic mass is 9.90. The minimum Gasteiger partial charge on any atom is -0.381 e. The number of nitrogens with zero attached hydrogens (tertiary/aromatic N) is 1. The maximum Gasteiger partial charge on any atom is 0.172 e. The SMILES string of the molecule is Nc1cc(-c2cc3c(cc2F)CCCC3)on1. The molecule has 0 spiro atoms. The predicted molar refractivity (Wildman–Crippen MR) is 63.0 cm³/mol. The molecule has 3 rings (SSSR count). The minimum absolute atomic E-state index is 0.262. The number of anilines is 1. The first-order chi connectivity index (χ1) is 8.24. The molecular weight excluding hydrogens is 219 g/mol. The number of nitrogen functional groups attached to an aromatic ring is 1. The Labute approximate surface area is 98.4 Å². The molecule has 4 heteroatoms. The molecule has 0 aliphatic heterocycles. The first-order valence-corrected chi connectivity index (χ1v) is 5.78. The second kappa shape index (κ2) is 3.87. The van der Waals surface area contributed by atoms with Crippen LogP contribution in [-0.4, -0.2) is 5.16 Å². The van der Waals surface area contributed by atoms with Crippen molar-refractivity contribution in [2.24, 2.45) is 0 Å². The molecule has 88 valence electrons. The molecule has 17 heavy (non-hydrogen) atoms. The van der Waals surface area contributed by atoms with Crippen LogP contribution in [0.3, 0.4) is 0 Å². The van der Waals surface area contributed by atoms with Gasteiger partial charge in [-0.3, -0.25) is 0 Å². The molecule has 1 heterocycles. The van der Waals surface area contributed by atoms with Crippen LogP contribution >= 0.6 is 0 Å². The maximum atomic E-state index is 13.9. The van der Waals surface area contributed by atoms with Crippen molar-refractivity contribution in [1.82, 2.24) is 5.16 Å². The second-order valence-corrected chi connectivity index (χ2v) is 4.42. The fourth-order valence-electron chi connectivity index (χ4n) is 2.36. The highest BCUT2D eigenvalue weighted by atomic mass is 19.1. The molecule has 1 aromatic carbocycles. The number of hydrogen-bond acceptors (Lipinski definition) is 3. The largest absolute Gasteiger partial charge is 0.381 e. The molecular formula is C13H13FN2O. The standard InChI is InChI=1S/C13H13FN2O/c14-11-6-9-4-2-1-3-8(9)5-10(11)12-7-13(15)16-17-12/h5-7H,1-4H2,(H2,15,16). The number of nitrogens with two attached hydrogens (primary N) is 1. The number of rotatable bonds is 1. The van der Waals surface area contributed by atoms with Crippen molar-refractivity contribution in [3.05, 3.63) is 35.1 Å². The van der Waals surface area contributed by atoms with E-state index in [9.17, 15) is 4.39 Å². The van der Waals surface area contributed by atoms with Crippen molar-refractivity contribution in [2.45, 2.75) is 25.7 Å². The molecule has 0 atom stereocenters. The van der Waals surface area contributed by atoms with Crippen LogP contribution < -0.4 is 5.73 Å². The van der Waals surface area contributed by atoms with Crippen molar-refractivity contribution < 1.29 is 8.91 Å². The Morgan fingerprint density at radius 2 is 1.82 bits per heavy atom. The Morgan fingerprint density at radius 1 is 1.12 bits per heavy atom. The van der Waals surface area contributed by atoms with Gasteiger partial charge >= 0.3 is 0 Å². The Kier molecular flexibility index (Phi) is 2.35. The van der Waals surface area contributed by atoms with Crippen molar-refractivity contribution >= 4 is 5.82 Å². The number of aromatic nitrogens is 1. The van der Waals surface area contributed by atoms with Crippen molar-refractivity contribution in [3.63, 3.8) is 0 Å². The number of halogens is 1. The van der Waals surface area contributed by atoms with Gasteiger partial charge in [-0.1, -0.05) is 5.16 Å². The summed E-state index contributed by atoms with van der Waals surface area (Å²) < 4.78 is 19.0. The van der Waals surface area contributed by atoms with Crippen LogP contribution in [0.5, 0.6) is 0 Å². The molecule has 2 N–H and O–H groups in total. The highest BCUT2D eigenvalue weighted by molar-refractivity contribution is 5.62. The van der Waals surface area contributed by atoms with E-state index in [0.717, 1.165) is 31.2 Å². The van der Waals surface area contributed by atoms with Gasteiger partial charge in [-0.15, -0.1) is 0 Å². The smallest absolute Gasteiger partial charge is 0.172 e. The normalized spacial score (nSPS) is 14.6. The zero-order valence-electron chi connectivity index (χ0n) is 9.37. The van der Waals surface area contributed by atoms with Crippen LogP contribution in [0.1, 0.15) is 24.0 Å². The molecule has 0 unspecified atom stereocenters. The summed E-state index contributed by atoms with van der Waals surface area (Å²) in [5, 5.41) is 3.58. The van der Waals surface area contributed by atoms with Gasteiger partial charge in [-0.2, -0.15) is 0 Å². The van der Waals surface area contributed by atoms with Gasteiger partial charge in [0.15, 0.2) is 11.6 Å². The topological polar surface area (TPSA) is 52.0 Å². The van der Waals surface area contributed by atoms with Gasteiger partial charge in [0.05, 0.1) is 5.56 Å². The molecule has 0 amide bonds. The van der Waals surface area contributed by atoms with Crippen molar-refractivity contribution in [2.75, 3.05) is 5.73 Å². The number of hydrogen-bond donors (Lipinski definition) is 1. The summed E-state index contributed by atoms with van der Waals surface area (Å²) in [6, 6.07) is 5.03. The van der Waals surface area contributed by atoms with E-state index in [-0.39, 0.29) is 11.6 Å². The number of fused-ring (bicyclic) bond motifs is 1. The van der Waals surface area contributed by atoms with Crippen LogP contribution in [0.2, 0.25) is 0 Å². The summed E-state index contributed by atoms with van der Waals surface area (Å²) in [6.45, 7) is 0. The third-order valence-electron chi connectivity index (χ3n) is 3.23. The van der Waals surface area contributed by atoms with Crippen LogP contribution in [-0.2, 0) is 12.8 Å². The van der Waals surface area contributed by atoms with Crippen LogP contribution in [0.25, 0.3) is 11.3 Å². The van der Waals surface area contributed by atoms with E-state index in [1.54, 1.807) is 12.1 Å². The maximum absolute atomic E-state index is 13.9. The van der Waals surface area contributed by atoms with E-state index in [0.29, 0.717) is 11.3 Å². The van der Waals surface area contributed by atoms with E-state index in [4.69, 9.17) is 10.3 Å². The highest BCUT2D eigenvalue weighted by Gasteiger charge is 2.16. The quantitative estimate of drug-likeness (QED) is 0.822. The highest BCUT2D eigenvalue weighted by Crippen LogP contribution is 2.30. The molecule has 0 saturated heterocycles. The summed E-state index contributed by atoms with van der Waals surface area (Å²) in [5.41, 5.74) is 8.26. The zero-order valence-corrected chi connectivity index (χ0v) is 9.37. The molecule has 2 aromatic rings. The average Bonchev–Trinajstić information content (AvgIpc) is 2.75. The summed E-state index contributed by atoms with van der Waals surface area (Å²) in [5.74, 6) is 0.410. The Balaban J connectivity index is 2.11. The molecule has 0 saturated carbocycles. The lowest BCUT2D eigenvalue weighted by Gasteiger charge is -2.16. The summed E-state index contributed by atoms with van der Waals surface area (Å²) in [7, 11) is 0. The summed E-state index contributed by atoms with van der Waals surface area (Å²) in [4.78, 5) is 0. The lowest BCUT2D eigenvalue weighted by Crippen LogP contribution is -2.03. The van der Waals surface area contributed by atoms with Crippen LogP contribution in [0.15, 0.2) is 22.7 Å². The van der Waals surface area contributed by atoms with Gasteiger partial charge < -0.3 is 10.3 Å². The van der Waals surface area contributed by atoms with E-state index < -0.39 is 0 Å². The molecule has 1 aromatic heterocycles. The first kappa shape index (κ1) is 10.3. The Bertz CT molecular complexity index is 563. The van der Waals surface area contributed by atoms with Gasteiger partial charge in [0.1, 0.15) is 5.82 Å². The Hall–Kier alpha value is -1.84. The van der Waals surface area contributed by atoms with Gasteiger partial charge in [-0.25, -0.2) is 4.39 Å². The monoisotopic (exact) mass is 232 g/mol. The second-order valence-electron chi connectivity index (χ2n) is 4.42. The Morgan fingerprint density at radius 3 is 2.47 bits per heavy atom. The first-order valence-electron chi connectivity index (χ1n) is 5.78. The molecule has 0 bridgehead atoms. The van der Waals surface area contributed by atoms with Crippen molar-refractivity contribution in [1.29, 1.82) is 0 Å². The third-order valence-corrected chi connectivity index (χ3v) is 3.23.